The molecule has 0 bridgehead atoms. The summed E-state index contributed by atoms with van der Waals surface area (Å²) in [4.78, 5) is 0. The molecule has 232 valence electrons. The second-order valence-corrected chi connectivity index (χ2v) is 28.1. The third-order valence-corrected chi connectivity index (χ3v) is 24.8. The molecule has 4 rings (SSSR count). The van der Waals surface area contributed by atoms with Crippen LogP contribution in [0.2, 0.25) is 0 Å². The van der Waals surface area contributed by atoms with Gasteiger partial charge in [-0.15, -0.1) is 24.8 Å². The molecule has 0 N–H and O–H groups in total. The number of hydrogen-bond donors (Lipinski definition) is 0. The van der Waals surface area contributed by atoms with Crippen LogP contribution in [0.5, 0.6) is 0 Å². The Balaban J connectivity index is 0.000000401. The van der Waals surface area contributed by atoms with Crippen molar-refractivity contribution >= 4 is 33.3 Å². The Labute approximate surface area is 287 Å². The SMILES string of the molecule is Cl.Cl.[CH2]=[Hf]([C]1=CC(CCCC)=CC1)[C]1=CC(CCCC)=CC1.[CH2]=[Hf]([C]1=CC(CCCC)=CC1)[C]1=CC(CCCC)=CC1. The van der Waals surface area contributed by atoms with Crippen molar-refractivity contribution in [3.05, 3.63) is 84.2 Å². The van der Waals surface area contributed by atoms with Crippen LogP contribution < -0.4 is 0 Å². The fourth-order valence-corrected chi connectivity index (χ4v) is 18.9. The molecule has 0 fully saturated rings. The van der Waals surface area contributed by atoms with Gasteiger partial charge in [-0.1, -0.05) is 0 Å². The number of halogens is 2. The summed E-state index contributed by atoms with van der Waals surface area (Å²) in [6.45, 7) is 9.10. The van der Waals surface area contributed by atoms with E-state index in [2.05, 4.69) is 84.8 Å². The van der Waals surface area contributed by atoms with Crippen LogP contribution >= 0.6 is 24.8 Å². The molecular formula is C38H58Cl2Hf2. The van der Waals surface area contributed by atoms with Gasteiger partial charge in [-0.05, 0) is 0 Å². The van der Waals surface area contributed by atoms with Crippen molar-refractivity contribution < 1.29 is 41.9 Å². The molecule has 0 saturated heterocycles. The summed E-state index contributed by atoms with van der Waals surface area (Å²) < 4.78 is 16.2. The van der Waals surface area contributed by atoms with Crippen molar-refractivity contribution in [3.63, 3.8) is 0 Å². The molecule has 0 heterocycles. The van der Waals surface area contributed by atoms with Crippen LogP contribution in [0.15, 0.2) is 84.2 Å². The van der Waals surface area contributed by atoms with E-state index in [9.17, 15) is 0 Å². The van der Waals surface area contributed by atoms with E-state index in [0.29, 0.717) is 0 Å². The average Bonchev–Trinajstić information content (AvgIpc) is 3.79. The molecule has 0 nitrogen and oxygen atoms in total. The molecule has 0 amide bonds. The Morgan fingerprint density at radius 2 is 0.667 bits per heavy atom. The monoisotopic (exact) mass is 944 g/mol. The van der Waals surface area contributed by atoms with E-state index in [-0.39, 0.29) is 24.8 Å². The van der Waals surface area contributed by atoms with Crippen LogP contribution in [-0.4, -0.2) is 8.52 Å². The van der Waals surface area contributed by atoms with Crippen LogP contribution in [0.3, 0.4) is 0 Å². The molecule has 42 heavy (non-hydrogen) atoms. The third kappa shape index (κ3) is 13.1. The second-order valence-electron chi connectivity index (χ2n) is 12.0. The van der Waals surface area contributed by atoms with Crippen molar-refractivity contribution in [2.75, 3.05) is 0 Å². The van der Waals surface area contributed by atoms with Gasteiger partial charge in [0.15, 0.2) is 0 Å². The fraction of sp³-hybridized carbons (Fsp3) is 0.526. The molecule has 0 atom stereocenters. The van der Waals surface area contributed by atoms with Gasteiger partial charge in [-0.25, -0.2) is 0 Å². The van der Waals surface area contributed by atoms with Gasteiger partial charge in [0.1, 0.15) is 0 Å². The molecule has 0 unspecified atom stereocenters. The number of allylic oxidation sites excluding steroid dienone is 16. The molecule has 4 heteroatoms. The second kappa shape index (κ2) is 22.5. The summed E-state index contributed by atoms with van der Waals surface area (Å²) in [6.07, 6.45) is 40.4. The first-order valence-corrected chi connectivity index (χ1v) is 28.7. The van der Waals surface area contributed by atoms with Crippen LogP contribution in [0.25, 0.3) is 0 Å². The van der Waals surface area contributed by atoms with Gasteiger partial charge in [-0.2, -0.15) is 0 Å². The standard InChI is InChI=1S/4C9H13.2CH2.2ClH.2Hf/c4*1-2-3-6-9-7-4-5-8-9;;;;;;/h4*7-8H,2-4,6H2,1H3;2*1H2;2*1H;;. The first-order chi connectivity index (χ1) is 19.5. The van der Waals surface area contributed by atoms with Gasteiger partial charge in [0.25, 0.3) is 0 Å². The average molecular weight is 943 g/mol. The minimum atomic E-state index is -1.87. The Kier molecular flexibility index (Phi) is 21.4. The first kappa shape index (κ1) is 40.0. The zero-order valence-corrected chi connectivity index (χ0v) is 36.0. The van der Waals surface area contributed by atoms with Gasteiger partial charge in [0, 0.05) is 0 Å². The molecule has 0 radical (unpaired) electrons. The summed E-state index contributed by atoms with van der Waals surface area (Å²) in [5.41, 5.74) is 6.35. The van der Waals surface area contributed by atoms with Gasteiger partial charge < -0.3 is 0 Å². The van der Waals surface area contributed by atoms with E-state index in [0.717, 1.165) is 0 Å². The quantitative estimate of drug-likeness (QED) is 0.135. The number of unbranched alkanes of at least 4 members (excludes halogenated alkanes) is 4. The fourth-order valence-electron chi connectivity index (χ4n) is 5.81. The zero-order valence-electron chi connectivity index (χ0n) is 27.2. The maximum atomic E-state index is 4.64. The van der Waals surface area contributed by atoms with Crippen LogP contribution in [0.1, 0.15) is 130 Å². The van der Waals surface area contributed by atoms with Crippen LogP contribution in [-0.2, 0) is 41.9 Å². The van der Waals surface area contributed by atoms with Gasteiger partial charge in [-0.3, -0.25) is 0 Å². The molecule has 4 aliphatic carbocycles. The number of hydrogen-bond acceptors (Lipinski definition) is 0. The van der Waals surface area contributed by atoms with Crippen molar-refractivity contribution in [1.82, 2.24) is 0 Å². The molecule has 0 aromatic rings. The topological polar surface area (TPSA) is 0 Å². The van der Waals surface area contributed by atoms with E-state index < -0.39 is 41.9 Å². The predicted octanol–water partition coefficient (Wildman–Crippen LogP) is 12.5. The van der Waals surface area contributed by atoms with E-state index in [1.54, 1.807) is 35.6 Å². The Morgan fingerprint density at radius 1 is 0.452 bits per heavy atom. The van der Waals surface area contributed by atoms with Gasteiger partial charge >= 0.3 is 265 Å². The van der Waals surface area contributed by atoms with Crippen molar-refractivity contribution in [3.8, 4) is 0 Å². The summed E-state index contributed by atoms with van der Waals surface area (Å²) in [7, 11) is 0. The predicted molar refractivity (Wildman–Crippen MR) is 190 cm³/mol. The number of rotatable bonds is 16. The molecule has 0 saturated carbocycles. The van der Waals surface area contributed by atoms with Gasteiger partial charge in [0.2, 0.25) is 0 Å². The Bertz CT molecular complexity index is 987. The molecule has 0 spiro atoms. The van der Waals surface area contributed by atoms with E-state index >= 15 is 0 Å². The normalized spacial score (nSPS) is 16.9. The molecule has 4 aliphatic rings. The summed E-state index contributed by atoms with van der Waals surface area (Å²) in [5, 5.41) is 0. The van der Waals surface area contributed by atoms with E-state index in [4.69, 9.17) is 0 Å². The third-order valence-electron chi connectivity index (χ3n) is 8.60. The Hall–Kier alpha value is -0.0197. The summed E-state index contributed by atoms with van der Waals surface area (Å²) in [6, 6.07) is 0. The summed E-state index contributed by atoms with van der Waals surface area (Å²) >= 11 is -3.74. The van der Waals surface area contributed by atoms with Crippen molar-refractivity contribution in [2.45, 2.75) is 130 Å². The van der Waals surface area contributed by atoms with E-state index in [1.165, 1.54) is 103 Å². The first-order valence-electron chi connectivity index (χ1n) is 16.5. The molecule has 0 aromatic heterocycles. The zero-order chi connectivity index (χ0) is 28.7. The van der Waals surface area contributed by atoms with Crippen LogP contribution in [0.4, 0.5) is 0 Å². The van der Waals surface area contributed by atoms with Crippen LogP contribution in [0, 0.1) is 0 Å². The molecular weight excluding hydrogens is 884 g/mol. The molecule has 0 aromatic carbocycles. The Morgan fingerprint density at radius 3 is 0.857 bits per heavy atom. The maximum absolute atomic E-state index is 4.64. The van der Waals surface area contributed by atoms with Crippen molar-refractivity contribution in [1.29, 1.82) is 0 Å². The van der Waals surface area contributed by atoms with Gasteiger partial charge in [0.05, 0.1) is 0 Å². The minimum absolute atomic E-state index is 0. The van der Waals surface area contributed by atoms with E-state index in [1.807, 2.05) is 0 Å². The van der Waals surface area contributed by atoms with Crippen molar-refractivity contribution in [2.24, 2.45) is 0 Å². The summed E-state index contributed by atoms with van der Waals surface area (Å²) in [5.74, 6) is 0. The molecule has 0 aliphatic heterocycles.